The summed E-state index contributed by atoms with van der Waals surface area (Å²) in [4.78, 5) is 39.6. The zero-order valence-electron chi connectivity index (χ0n) is 13.8. The maximum atomic E-state index is 13.0. The predicted octanol–water partition coefficient (Wildman–Crippen LogP) is 1.71. The average Bonchev–Trinajstić information content (AvgIpc) is 2.62. The van der Waals surface area contributed by atoms with Crippen molar-refractivity contribution in [3.05, 3.63) is 66.4 Å². The molecule has 8 nitrogen and oxygen atoms in total. The Labute approximate surface area is 164 Å². The summed E-state index contributed by atoms with van der Waals surface area (Å²) in [6.45, 7) is 0. The fraction of sp³-hybridized carbons (Fsp3) is 0.176. The quantitative estimate of drug-likeness (QED) is 0.547. The van der Waals surface area contributed by atoms with Crippen molar-refractivity contribution in [1.82, 2.24) is 9.55 Å². The molecule has 2 heterocycles. The molecule has 0 aliphatic rings. The number of halogens is 2. The number of carboxylic acids is 1. The van der Waals surface area contributed by atoms with Gasteiger partial charge in [-0.1, -0.05) is 0 Å². The molecule has 2 aromatic heterocycles. The average molecular weight is 486 g/mol. The van der Waals surface area contributed by atoms with Crippen LogP contribution in [0.25, 0.3) is 11.0 Å². The van der Waals surface area contributed by atoms with Crippen LogP contribution >= 0.6 is 22.6 Å². The summed E-state index contributed by atoms with van der Waals surface area (Å²) in [6, 6.07) is 4.90. The molecule has 0 aliphatic heterocycles. The lowest BCUT2D eigenvalue weighted by Gasteiger charge is -2.17. The topological polar surface area (TPSA) is 112 Å². The minimum Gasteiger partial charge on any atom is -0.478 e. The van der Waals surface area contributed by atoms with E-state index >= 15 is 0 Å². The van der Waals surface area contributed by atoms with Crippen LogP contribution in [0.3, 0.4) is 0 Å². The third kappa shape index (κ3) is 3.84. The normalized spacial score (nSPS) is 12.1. The zero-order chi connectivity index (χ0) is 19.7. The Kier molecular flexibility index (Phi) is 5.26. The Morgan fingerprint density at radius 2 is 2.04 bits per heavy atom. The highest BCUT2D eigenvalue weighted by Crippen LogP contribution is 2.22. The highest BCUT2D eigenvalue weighted by molar-refractivity contribution is 14.1. The molecule has 1 unspecified atom stereocenters. The maximum Gasteiger partial charge on any atom is 0.423 e. The van der Waals surface area contributed by atoms with Crippen molar-refractivity contribution in [1.29, 1.82) is 0 Å². The van der Waals surface area contributed by atoms with E-state index in [0.717, 1.165) is 16.7 Å². The number of carboxylic acid groups (broad SMARTS) is 1. The molecule has 27 heavy (non-hydrogen) atoms. The van der Waals surface area contributed by atoms with Crippen LogP contribution < -0.4 is 16.1 Å². The molecular weight excluding hydrogens is 474 g/mol. The van der Waals surface area contributed by atoms with E-state index in [2.05, 4.69) is 9.40 Å². The van der Waals surface area contributed by atoms with Crippen LogP contribution in [0.1, 0.15) is 5.56 Å². The number of nitrogens with zero attached hydrogens (tertiary/aromatic N) is 2. The van der Waals surface area contributed by atoms with Gasteiger partial charge in [0.1, 0.15) is 17.0 Å². The van der Waals surface area contributed by atoms with Crippen molar-refractivity contribution >= 4 is 39.6 Å². The molecule has 0 fully saturated rings. The number of ether oxygens (including phenoxy) is 1. The van der Waals surface area contributed by atoms with Crippen molar-refractivity contribution in [2.24, 2.45) is 7.05 Å². The van der Waals surface area contributed by atoms with Gasteiger partial charge in [0.2, 0.25) is 0 Å². The van der Waals surface area contributed by atoms with E-state index in [-0.39, 0.29) is 23.2 Å². The number of rotatable bonds is 5. The van der Waals surface area contributed by atoms with E-state index in [0.29, 0.717) is 9.13 Å². The standard InChI is InChI=1S/C17H12FIN2O6/c1-21-14-13(16(24)27-17(21)25)10(11(19)7-20-14)6-12(15(22)23)26-9-4-2-8(18)3-5-9/h2-5,7,12H,6H2,1H3,(H,22,23). The monoisotopic (exact) mass is 486 g/mol. The zero-order valence-corrected chi connectivity index (χ0v) is 16.0. The van der Waals surface area contributed by atoms with E-state index in [1.165, 1.54) is 25.4 Å². The molecule has 0 spiro atoms. The van der Waals surface area contributed by atoms with Gasteiger partial charge in [0, 0.05) is 23.2 Å². The fourth-order valence-electron chi connectivity index (χ4n) is 2.51. The number of fused-ring (bicyclic) bond motifs is 1. The molecule has 0 saturated heterocycles. The Hall–Kier alpha value is -2.76. The lowest BCUT2D eigenvalue weighted by Crippen LogP contribution is -2.31. The lowest BCUT2D eigenvalue weighted by atomic mass is 10.1. The van der Waals surface area contributed by atoms with Crippen LogP contribution in [0.15, 0.2) is 44.5 Å². The fourth-order valence-corrected chi connectivity index (χ4v) is 3.14. The molecule has 10 heteroatoms. The first-order valence-electron chi connectivity index (χ1n) is 7.60. The van der Waals surface area contributed by atoms with E-state index in [1.54, 1.807) is 0 Å². The molecule has 3 aromatic rings. The maximum absolute atomic E-state index is 13.0. The summed E-state index contributed by atoms with van der Waals surface area (Å²) in [6.07, 6.45) is -0.118. The Balaban J connectivity index is 2.07. The third-order valence-electron chi connectivity index (χ3n) is 3.85. The second-order valence-corrected chi connectivity index (χ2v) is 6.76. The minimum atomic E-state index is -1.36. The smallest absolute Gasteiger partial charge is 0.423 e. The first-order chi connectivity index (χ1) is 12.8. The predicted molar refractivity (Wildman–Crippen MR) is 100 cm³/mol. The van der Waals surface area contributed by atoms with E-state index in [9.17, 15) is 23.9 Å². The Bertz CT molecular complexity index is 1140. The van der Waals surface area contributed by atoms with E-state index < -0.39 is 29.3 Å². The minimum absolute atomic E-state index is 0.0120. The van der Waals surface area contributed by atoms with Gasteiger partial charge < -0.3 is 14.3 Å². The van der Waals surface area contributed by atoms with Gasteiger partial charge in [-0.2, -0.15) is 0 Å². The SMILES string of the molecule is Cn1c(=O)oc(=O)c2c(CC(Oc3ccc(F)cc3)C(=O)O)c(I)cnc21. The number of hydrogen-bond acceptors (Lipinski definition) is 6. The molecule has 3 rings (SSSR count). The van der Waals surface area contributed by atoms with Crippen molar-refractivity contribution in [2.75, 3.05) is 0 Å². The lowest BCUT2D eigenvalue weighted by molar-refractivity contribution is -0.145. The van der Waals surface area contributed by atoms with Crippen molar-refractivity contribution in [3.8, 4) is 5.75 Å². The van der Waals surface area contributed by atoms with Gasteiger partial charge in [0.05, 0.1) is 0 Å². The molecule has 140 valence electrons. The van der Waals surface area contributed by atoms with Crippen LogP contribution in [0.4, 0.5) is 4.39 Å². The van der Waals surface area contributed by atoms with Crippen LogP contribution in [-0.2, 0) is 18.3 Å². The number of benzene rings is 1. The Morgan fingerprint density at radius 1 is 1.37 bits per heavy atom. The van der Waals surface area contributed by atoms with E-state index in [4.69, 9.17) is 4.74 Å². The number of hydrogen-bond donors (Lipinski definition) is 1. The largest absolute Gasteiger partial charge is 0.478 e. The summed E-state index contributed by atoms with van der Waals surface area (Å²) >= 11 is 1.91. The van der Waals surface area contributed by atoms with Crippen LogP contribution in [0, 0.1) is 9.39 Å². The molecule has 0 aliphatic carbocycles. The van der Waals surface area contributed by atoms with Gasteiger partial charge in [-0.05, 0) is 52.4 Å². The summed E-state index contributed by atoms with van der Waals surface area (Å²) in [5, 5.41) is 9.52. The Morgan fingerprint density at radius 3 is 2.67 bits per heavy atom. The number of pyridine rings is 1. The molecular formula is C17H12FIN2O6. The molecule has 0 amide bonds. The molecule has 1 atom stereocenters. The number of aromatic nitrogens is 2. The van der Waals surface area contributed by atoms with Gasteiger partial charge >= 0.3 is 17.4 Å². The molecule has 0 saturated carbocycles. The first-order valence-corrected chi connectivity index (χ1v) is 8.68. The van der Waals surface area contributed by atoms with Gasteiger partial charge in [0.25, 0.3) is 0 Å². The summed E-state index contributed by atoms with van der Waals surface area (Å²) in [7, 11) is 1.39. The molecule has 0 bridgehead atoms. The summed E-state index contributed by atoms with van der Waals surface area (Å²) in [5.74, 6) is -2.46. The first kappa shape index (κ1) is 19.0. The molecule has 0 radical (unpaired) electrons. The van der Waals surface area contributed by atoms with Crippen molar-refractivity contribution in [2.45, 2.75) is 12.5 Å². The van der Waals surface area contributed by atoms with Crippen LogP contribution in [-0.4, -0.2) is 26.7 Å². The second-order valence-electron chi connectivity index (χ2n) is 5.60. The van der Waals surface area contributed by atoms with Gasteiger partial charge in [-0.3, -0.25) is 4.57 Å². The van der Waals surface area contributed by atoms with Gasteiger partial charge in [-0.15, -0.1) is 0 Å². The number of carbonyl (C=O) groups is 1. The van der Waals surface area contributed by atoms with Gasteiger partial charge in [-0.25, -0.2) is 23.8 Å². The van der Waals surface area contributed by atoms with Crippen molar-refractivity contribution in [3.63, 3.8) is 0 Å². The van der Waals surface area contributed by atoms with Gasteiger partial charge in [0.15, 0.2) is 11.8 Å². The summed E-state index contributed by atoms with van der Waals surface area (Å²) in [5.41, 5.74) is -0.489. The number of aliphatic carboxylic acids is 1. The van der Waals surface area contributed by atoms with Crippen LogP contribution in [0.2, 0.25) is 0 Å². The number of aryl methyl sites for hydroxylation is 1. The van der Waals surface area contributed by atoms with Crippen molar-refractivity contribution < 1.29 is 23.4 Å². The highest BCUT2D eigenvalue weighted by Gasteiger charge is 2.25. The molecule has 1 aromatic carbocycles. The highest BCUT2D eigenvalue weighted by atomic mass is 127. The molecule has 1 N–H and O–H groups in total. The summed E-state index contributed by atoms with van der Waals surface area (Å²) < 4.78 is 24.7. The van der Waals surface area contributed by atoms with Crippen LogP contribution in [0.5, 0.6) is 5.75 Å². The second kappa shape index (κ2) is 7.47. The third-order valence-corrected chi connectivity index (χ3v) is 4.78. The van der Waals surface area contributed by atoms with E-state index in [1.807, 2.05) is 22.6 Å².